The van der Waals surface area contributed by atoms with Crippen LogP contribution in [0.5, 0.6) is 0 Å². The van der Waals surface area contributed by atoms with Gasteiger partial charge in [0.25, 0.3) is 0 Å². The van der Waals surface area contributed by atoms with Gasteiger partial charge in [0.15, 0.2) is 11.4 Å². The Morgan fingerprint density at radius 2 is 1.67 bits per heavy atom. The fourth-order valence-corrected chi connectivity index (χ4v) is 4.79. The Labute approximate surface area is 236 Å². The van der Waals surface area contributed by atoms with Gasteiger partial charge in [-0.05, 0) is 23.1 Å². The number of nitrogens with zero attached hydrogens (tertiary/aromatic N) is 2. The number of aliphatic hydroxyl groups excluding tert-OH is 1. The fourth-order valence-electron chi connectivity index (χ4n) is 4.47. The van der Waals surface area contributed by atoms with Gasteiger partial charge in [0, 0.05) is 30.9 Å². The van der Waals surface area contributed by atoms with Crippen LogP contribution in [0.15, 0.2) is 54.9 Å². The first kappa shape index (κ1) is 29.0. The molecule has 0 bridgehead atoms. The summed E-state index contributed by atoms with van der Waals surface area (Å²) in [4.78, 5) is 26.7. The van der Waals surface area contributed by atoms with E-state index in [1.165, 1.54) is 0 Å². The van der Waals surface area contributed by atoms with Crippen molar-refractivity contribution in [2.45, 2.75) is 64.4 Å². The Morgan fingerprint density at radius 1 is 1.00 bits per heavy atom. The number of carbonyl (C=O) groups is 2. The number of amides is 1. The van der Waals surface area contributed by atoms with Crippen LogP contribution in [0.25, 0.3) is 0 Å². The molecule has 0 aliphatic carbocycles. The van der Waals surface area contributed by atoms with E-state index in [4.69, 9.17) is 37.8 Å². The number of imidazole rings is 1. The van der Waals surface area contributed by atoms with E-state index >= 15 is 0 Å². The minimum Gasteiger partial charge on any atom is -0.481 e. The van der Waals surface area contributed by atoms with Crippen LogP contribution in [0.1, 0.15) is 60.8 Å². The Balaban J connectivity index is 1.48. The van der Waals surface area contributed by atoms with Crippen molar-refractivity contribution < 1.29 is 29.3 Å². The molecule has 208 valence electrons. The molecule has 3 N–H and O–H groups in total. The fraction of sp³-hybridized carbons (Fsp3) is 0.393. The molecule has 3 aromatic rings. The van der Waals surface area contributed by atoms with E-state index in [0.717, 1.165) is 22.3 Å². The number of aliphatic hydroxyl groups is 1. The quantitative estimate of drug-likeness (QED) is 0.292. The smallest absolute Gasteiger partial charge is 0.303 e. The third-order valence-electron chi connectivity index (χ3n) is 6.77. The van der Waals surface area contributed by atoms with E-state index in [1.54, 1.807) is 10.9 Å². The molecule has 2 aromatic carbocycles. The number of benzene rings is 2. The molecule has 0 unspecified atom stereocenters. The van der Waals surface area contributed by atoms with Crippen LogP contribution in [-0.4, -0.2) is 37.7 Å². The molecule has 0 saturated carbocycles. The van der Waals surface area contributed by atoms with E-state index in [2.05, 4.69) is 17.2 Å². The standard InChI is InChI=1S/C28H31Cl2N3O6/c1-17-22(14-33-16-32-26(29)27(33)30)38-28(39-25(17)20-9-7-19(15-34)8-10-20)21-11-5-18(6-12-21)13-31-23(35)3-2-4-24(36)37/h5-12,16-17,22,25,28,34H,2-4,13-15H2,1H3,(H,31,35)(H,36,37)/t17-,22+,25+,28+/m0/s1. The molecule has 2 heterocycles. The van der Waals surface area contributed by atoms with E-state index < -0.39 is 12.3 Å². The van der Waals surface area contributed by atoms with Gasteiger partial charge in [0.2, 0.25) is 5.91 Å². The molecule has 1 aliphatic heterocycles. The van der Waals surface area contributed by atoms with E-state index in [1.807, 2.05) is 48.5 Å². The lowest BCUT2D eigenvalue weighted by Gasteiger charge is -2.41. The van der Waals surface area contributed by atoms with Crippen molar-refractivity contribution in [1.29, 1.82) is 0 Å². The summed E-state index contributed by atoms with van der Waals surface area (Å²) in [6.45, 7) is 2.78. The number of nitrogens with one attached hydrogen (secondary N) is 1. The second-order valence-corrected chi connectivity index (χ2v) is 10.3. The first-order valence-corrected chi connectivity index (χ1v) is 13.4. The van der Waals surface area contributed by atoms with Crippen molar-refractivity contribution in [3.05, 3.63) is 87.4 Å². The normalized spacial score (nSPS) is 21.0. The zero-order valence-electron chi connectivity index (χ0n) is 21.4. The highest BCUT2D eigenvalue weighted by molar-refractivity contribution is 6.40. The summed E-state index contributed by atoms with van der Waals surface area (Å²) < 4.78 is 14.6. The van der Waals surface area contributed by atoms with Crippen LogP contribution < -0.4 is 5.32 Å². The highest BCUT2D eigenvalue weighted by Gasteiger charge is 2.38. The van der Waals surface area contributed by atoms with Crippen molar-refractivity contribution in [3.8, 4) is 0 Å². The van der Waals surface area contributed by atoms with Crippen molar-refractivity contribution in [1.82, 2.24) is 14.9 Å². The van der Waals surface area contributed by atoms with Gasteiger partial charge in [-0.15, -0.1) is 0 Å². The molecule has 0 radical (unpaired) electrons. The molecule has 4 rings (SSSR count). The van der Waals surface area contributed by atoms with Gasteiger partial charge in [0.05, 0.1) is 31.7 Å². The van der Waals surface area contributed by atoms with E-state index in [9.17, 15) is 14.7 Å². The lowest BCUT2D eigenvalue weighted by Crippen LogP contribution is -2.39. The lowest BCUT2D eigenvalue weighted by atomic mass is 9.90. The topological polar surface area (TPSA) is 123 Å². The largest absolute Gasteiger partial charge is 0.481 e. The first-order valence-electron chi connectivity index (χ1n) is 12.7. The maximum atomic E-state index is 12.0. The number of carboxylic acid groups (broad SMARTS) is 1. The summed E-state index contributed by atoms with van der Waals surface area (Å²) in [6, 6.07) is 15.2. The molecule has 1 aromatic heterocycles. The number of hydrogen-bond acceptors (Lipinski definition) is 6. The summed E-state index contributed by atoms with van der Waals surface area (Å²) in [5, 5.41) is 21.5. The Hall–Kier alpha value is -2.95. The van der Waals surface area contributed by atoms with Gasteiger partial charge < -0.3 is 29.6 Å². The van der Waals surface area contributed by atoms with Crippen LogP contribution in [0, 0.1) is 5.92 Å². The molecule has 1 saturated heterocycles. The highest BCUT2D eigenvalue weighted by Crippen LogP contribution is 2.42. The second kappa shape index (κ2) is 13.4. The molecule has 4 atom stereocenters. The predicted molar refractivity (Wildman–Crippen MR) is 145 cm³/mol. The van der Waals surface area contributed by atoms with Gasteiger partial charge >= 0.3 is 5.97 Å². The molecule has 1 amide bonds. The summed E-state index contributed by atoms with van der Waals surface area (Å²) in [5.41, 5.74) is 3.49. The van der Waals surface area contributed by atoms with Gasteiger partial charge in [-0.25, -0.2) is 4.98 Å². The van der Waals surface area contributed by atoms with Gasteiger partial charge in [-0.1, -0.05) is 78.7 Å². The van der Waals surface area contributed by atoms with Gasteiger partial charge in [0.1, 0.15) is 5.15 Å². The average Bonchev–Trinajstić information content (AvgIpc) is 3.25. The minimum absolute atomic E-state index is 0.0320. The maximum absolute atomic E-state index is 12.0. The highest BCUT2D eigenvalue weighted by atomic mass is 35.5. The van der Waals surface area contributed by atoms with Gasteiger partial charge in [-0.2, -0.15) is 0 Å². The van der Waals surface area contributed by atoms with Gasteiger partial charge in [-0.3, -0.25) is 9.59 Å². The van der Waals surface area contributed by atoms with Crippen molar-refractivity contribution in [2.75, 3.05) is 0 Å². The Bertz CT molecular complexity index is 1270. The lowest BCUT2D eigenvalue weighted by molar-refractivity contribution is -0.276. The number of rotatable bonds is 11. The van der Waals surface area contributed by atoms with Crippen LogP contribution in [-0.2, 0) is 38.8 Å². The van der Waals surface area contributed by atoms with Crippen LogP contribution in [0.4, 0.5) is 0 Å². The Kier molecular flexibility index (Phi) is 9.99. The van der Waals surface area contributed by atoms with Crippen LogP contribution >= 0.6 is 23.2 Å². The third kappa shape index (κ3) is 7.58. The first-order chi connectivity index (χ1) is 18.7. The minimum atomic E-state index is -0.913. The SMILES string of the molecule is C[C@H]1[C@@H](Cn2cnc(Cl)c2Cl)O[C@@H](c2ccc(CNC(=O)CCCC(=O)O)cc2)O[C@H]1c1ccc(CO)cc1. The van der Waals surface area contributed by atoms with E-state index in [0.29, 0.717) is 24.7 Å². The summed E-state index contributed by atoms with van der Waals surface area (Å²) in [7, 11) is 0. The van der Waals surface area contributed by atoms with Crippen LogP contribution in [0.2, 0.25) is 10.3 Å². The number of aliphatic carboxylic acids is 1. The zero-order chi connectivity index (χ0) is 27.9. The predicted octanol–water partition coefficient (Wildman–Crippen LogP) is 5.04. The molecular formula is C28H31Cl2N3O6. The number of halogens is 2. The monoisotopic (exact) mass is 575 g/mol. The molecule has 11 heteroatoms. The average molecular weight is 576 g/mol. The van der Waals surface area contributed by atoms with Crippen molar-refractivity contribution >= 4 is 35.1 Å². The maximum Gasteiger partial charge on any atom is 0.303 e. The Morgan fingerprint density at radius 3 is 2.28 bits per heavy atom. The molecule has 1 fully saturated rings. The number of aromatic nitrogens is 2. The number of carboxylic acids is 1. The summed E-state index contributed by atoms with van der Waals surface area (Å²) in [5.74, 6) is -1.15. The van der Waals surface area contributed by atoms with Crippen molar-refractivity contribution in [3.63, 3.8) is 0 Å². The molecule has 1 aliphatic rings. The molecule has 39 heavy (non-hydrogen) atoms. The van der Waals surface area contributed by atoms with E-state index in [-0.39, 0.29) is 48.6 Å². The molecule has 9 nitrogen and oxygen atoms in total. The summed E-state index contributed by atoms with van der Waals surface area (Å²) in [6.07, 6.45) is 0.794. The number of ether oxygens (including phenoxy) is 2. The summed E-state index contributed by atoms with van der Waals surface area (Å²) >= 11 is 12.4. The third-order valence-corrected chi connectivity index (χ3v) is 7.54. The number of carbonyl (C=O) groups excluding carboxylic acids is 1. The molecular weight excluding hydrogens is 545 g/mol. The number of hydrogen-bond donors (Lipinski definition) is 3. The zero-order valence-corrected chi connectivity index (χ0v) is 22.9. The molecule has 0 spiro atoms. The van der Waals surface area contributed by atoms with Crippen molar-refractivity contribution in [2.24, 2.45) is 5.92 Å². The van der Waals surface area contributed by atoms with Crippen LogP contribution in [0.3, 0.4) is 0 Å². The second-order valence-electron chi connectivity index (χ2n) is 9.57.